The summed E-state index contributed by atoms with van der Waals surface area (Å²) in [6, 6.07) is 64.8. The summed E-state index contributed by atoms with van der Waals surface area (Å²) in [6.07, 6.45) is 0. The second-order valence-corrected chi connectivity index (χ2v) is 14.4. The Bertz CT molecular complexity index is 2240. The van der Waals surface area contributed by atoms with E-state index < -0.39 is 5.41 Å². The molecule has 9 rings (SSSR count). The van der Waals surface area contributed by atoms with Gasteiger partial charge < -0.3 is 4.90 Å². The van der Waals surface area contributed by atoms with Gasteiger partial charge in [0.1, 0.15) is 0 Å². The van der Waals surface area contributed by atoms with Crippen LogP contribution in [0.25, 0.3) is 11.1 Å². The molecule has 0 N–H and O–H groups in total. The largest absolute Gasteiger partial charge is 0.309 e. The summed E-state index contributed by atoms with van der Waals surface area (Å²) in [7, 11) is 0. The Morgan fingerprint density at radius 1 is 0.417 bits per heavy atom. The topological polar surface area (TPSA) is 3.24 Å². The van der Waals surface area contributed by atoms with E-state index in [4.69, 9.17) is 0 Å². The number of para-hydroxylation sites is 1. The fraction of sp³-hybridized carbons (Fsp3) is 0.0870. The molecule has 1 heterocycles. The first-order chi connectivity index (χ1) is 23.6. The first kappa shape index (κ1) is 28.9. The monoisotopic (exact) mass is 633 g/mol. The van der Waals surface area contributed by atoms with Crippen LogP contribution >= 0.6 is 11.8 Å². The minimum Gasteiger partial charge on any atom is -0.309 e. The van der Waals surface area contributed by atoms with Crippen LogP contribution < -0.4 is 4.90 Å². The number of fused-ring (bicyclic) bond motifs is 5. The third kappa shape index (κ3) is 4.19. The Kier molecular flexibility index (Phi) is 6.71. The molecule has 230 valence electrons. The minimum absolute atomic E-state index is 0.106. The molecule has 0 amide bonds. The molecule has 1 aliphatic carbocycles. The third-order valence-electron chi connectivity index (χ3n) is 10.4. The molecule has 0 fully saturated rings. The van der Waals surface area contributed by atoms with Crippen LogP contribution in [0.4, 0.5) is 17.1 Å². The molecule has 0 atom stereocenters. The van der Waals surface area contributed by atoms with Crippen molar-refractivity contribution in [2.45, 2.75) is 34.5 Å². The summed E-state index contributed by atoms with van der Waals surface area (Å²) < 4.78 is 0. The quantitative estimate of drug-likeness (QED) is 0.185. The van der Waals surface area contributed by atoms with Gasteiger partial charge in [0.25, 0.3) is 0 Å². The van der Waals surface area contributed by atoms with E-state index in [1.54, 1.807) is 0 Å². The van der Waals surface area contributed by atoms with Crippen molar-refractivity contribution in [2.24, 2.45) is 0 Å². The van der Waals surface area contributed by atoms with Crippen molar-refractivity contribution in [1.82, 2.24) is 0 Å². The van der Waals surface area contributed by atoms with Gasteiger partial charge in [-0.15, -0.1) is 0 Å². The highest BCUT2D eigenvalue weighted by molar-refractivity contribution is 7.99. The molecule has 0 saturated heterocycles. The van der Waals surface area contributed by atoms with E-state index in [0.717, 1.165) is 11.4 Å². The Hall–Kier alpha value is -5.31. The second kappa shape index (κ2) is 11.1. The number of hydrogen-bond acceptors (Lipinski definition) is 2. The van der Waals surface area contributed by atoms with Crippen molar-refractivity contribution in [3.8, 4) is 11.1 Å². The van der Waals surface area contributed by atoms with Crippen LogP contribution in [0.2, 0.25) is 0 Å². The molecule has 2 aliphatic rings. The summed E-state index contributed by atoms with van der Waals surface area (Å²) in [5.74, 6) is 0. The smallest absolute Gasteiger partial charge is 0.0713 e. The molecule has 48 heavy (non-hydrogen) atoms. The summed E-state index contributed by atoms with van der Waals surface area (Å²) in [5, 5.41) is 0. The van der Waals surface area contributed by atoms with Crippen molar-refractivity contribution >= 4 is 28.8 Å². The molecule has 0 radical (unpaired) electrons. The van der Waals surface area contributed by atoms with Gasteiger partial charge in [0.05, 0.1) is 11.1 Å². The molecular formula is C46H35NS. The molecule has 0 saturated carbocycles. The molecule has 7 aromatic carbocycles. The van der Waals surface area contributed by atoms with Gasteiger partial charge in [0.2, 0.25) is 0 Å². The molecule has 0 bridgehead atoms. The zero-order chi connectivity index (χ0) is 32.3. The number of rotatable bonds is 5. The molecule has 2 heteroatoms. The van der Waals surface area contributed by atoms with E-state index in [-0.39, 0.29) is 5.41 Å². The van der Waals surface area contributed by atoms with E-state index in [2.05, 4.69) is 195 Å². The molecule has 0 spiro atoms. The number of hydrogen-bond donors (Lipinski definition) is 0. The predicted molar refractivity (Wildman–Crippen MR) is 201 cm³/mol. The zero-order valence-corrected chi connectivity index (χ0v) is 27.9. The van der Waals surface area contributed by atoms with Crippen LogP contribution in [-0.2, 0) is 10.8 Å². The van der Waals surface area contributed by atoms with Crippen molar-refractivity contribution in [3.63, 3.8) is 0 Å². The van der Waals surface area contributed by atoms with Gasteiger partial charge in [-0.2, -0.15) is 0 Å². The van der Waals surface area contributed by atoms with Gasteiger partial charge >= 0.3 is 0 Å². The lowest BCUT2D eigenvalue weighted by atomic mass is 9.68. The lowest BCUT2D eigenvalue weighted by molar-refractivity contribution is 0.607. The van der Waals surface area contributed by atoms with Crippen LogP contribution in [0, 0.1) is 0 Å². The van der Waals surface area contributed by atoms with Crippen molar-refractivity contribution < 1.29 is 0 Å². The summed E-state index contributed by atoms with van der Waals surface area (Å²) in [6.45, 7) is 4.71. The highest BCUT2D eigenvalue weighted by Crippen LogP contribution is 2.57. The van der Waals surface area contributed by atoms with Crippen molar-refractivity contribution in [3.05, 3.63) is 209 Å². The van der Waals surface area contributed by atoms with Crippen LogP contribution in [0.5, 0.6) is 0 Å². The molecular weight excluding hydrogens is 599 g/mol. The minimum atomic E-state index is -0.417. The first-order valence-corrected chi connectivity index (χ1v) is 17.5. The average Bonchev–Trinajstić information content (AvgIpc) is 3.44. The van der Waals surface area contributed by atoms with Crippen LogP contribution in [0.1, 0.15) is 47.2 Å². The molecule has 0 unspecified atom stereocenters. The molecule has 7 aromatic rings. The molecule has 1 aliphatic heterocycles. The fourth-order valence-electron chi connectivity index (χ4n) is 8.20. The van der Waals surface area contributed by atoms with Gasteiger partial charge in [-0.05, 0) is 80.9 Å². The number of anilines is 3. The maximum absolute atomic E-state index is 2.44. The van der Waals surface area contributed by atoms with E-state index in [1.807, 2.05) is 11.8 Å². The van der Waals surface area contributed by atoms with E-state index in [0.29, 0.717) is 0 Å². The SMILES string of the molecule is CC1(C)c2ccccc2Sc2c(N(c3ccccc3)c3ccc(C4(c5ccccc5)c5ccccc5-c5ccccc54)cc3)cccc21. The van der Waals surface area contributed by atoms with Crippen LogP contribution in [0.3, 0.4) is 0 Å². The van der Waals surface area contributed by atoms with Crippen molar-refractivity contribution in [2.75, 3.05) is 4.90 Å². The normalized spacial score (nSPS) is 14.7. The van der Waals surface area contributed by atoms with Crippen LogP contribution in [0.15, 0.2) is 186 Å². The van der Waals surface area contributed by atoms with E-state index >= 15 is 0 Å². The number of benzene rings is 7. The maximum atomic E-state index is 2.44. The van der Waals surface area contributed by atoms with Gasteiger partial charge in [-0.25, -0.2) is 0 Å². The summed E-state index contributed by atoms with van der Waals surface area (Å²) >= 11 is 1.89. The Morgan fingerprint density at radius 2 is 0.917 bits per heavy atom. The fourth-order valence-corrected chi connectivity index (χ4v) is 9.70. The first-order valence-electron chi connectivity index (χ1n) is 16.7. The highest BCUT2D eigenvalue weighted by Gasteiger charge is 2.46. The molecule has 0 aromatic heterocycles. The average molecular weight is 634 g/mol. The zero-order valence-electron chi connectivity index (χ0n) is 27.1. The Labute approximate surface area is 287 Å². The lowest BCUT2D eigenvalue weighted by Crippen LogP contribution is -2.28. The predicted octanol–water partition coefficient (Wildman–Crippen LogP) is 12.3. The van der Waals surface area contributed by atoms with Gasteiger partial charge in [0.15, 0.2) is 0 Å². The molecule has 1 nitrogen and oxygen atoms in total. The van der Waals surface area contributed by atoms with Gasteiger partial charge in [-0.3, -0.25) is 0 Å². The standard InChI is InChI=1S/C46H35NS/c1-45(2)40-24-13-14-27-43(40)48-44-41(45)25-15-26-42(44)47(34-18-7-4-8-19-34)35-30-28-33(29-31-35)46(32-16-5-3-6-17-32)38-22-11-9-20-36(38)37-21-10-12-23-39(37)46/h3-31H,1-2H3. The van der Waals surface area contributed by atoms with E-state index in [1.165, 1.54) is 60.0 Å². The lowest BCUT2D eigenvalue weighted by Gasteiger charge is -2.38. The van der Waals surface area contributed by atoms with E-state index in [9.17, 15) is 0 Å². The third-order valence-corrected chi connectivity index (χ3v) is 11.6. The van der Waals surface area contributed by atoms with Crippen molar-refractivity contribution in [1.29, 1.82) is 0 Å². The Balaban J connectivity index is 1.24. The van der Waals surface area contributed by atoms with Gasteiger partial charge in [-0.1, -0.05) is 165 Å². The van der Waals surface area contributed by atoms with Gasteiger partial charge in [0, 0.05) is 26.6 Å². The summed E-state index contributed by atoms with van der Waals surface area (Å²) in [5.41, 5.74) is 13.5. The number of nitrogens with zero attached hydrogens (tertiary/aromatic N) is 1. The van der Waals surface area contributed by atoms with Crippen LogP contribution in [-0.4, -0.2) is 0 Å². The highest BCUT2D eigenvalue weighted by atomic mass is 32.2. The summed E-state index contributed by atoms with van der Waals surface area (Å²) in [4.78, 5) is 5.08. The second-order valence-electron chi connectivity index (χ2n) is 13.3. The Morgan fingerprint density at radius 3 is 1.58 bits per heavy atom. The maximum Gasteiger partial charge on any atom is 0.0713 e.